The van der Waals surface area contributed by atoms with Crippen molar-refractivity contribution in [2.45, 2.75) is 135 Å². The summed E-state index contributed by atoms with van der Waals surface area (Å²) in [7, 11) is -1.85. The van der Waals surface area contributed by atoms with E-state index < -0.39 is 14.1 Å². The van der Waals surface area contributed by atoms with Crippen LogP contribution in [0.5, 0.6) is 0 Å². The Hall–Kier alpha value is -0.433. The van der Waals surface area contributed by atoms with Crippen LogP contribution in [0.4, 0.5) is 0 Å². The summed E-state index contributed by atoms with van der Waals surface area (Å²) < 4.78 is 19.6. The van der Waals surface area contributed by atoms with Gasteiger partial charge in [0.1, 0.15) is 0 Å². The van der Waals surface area contributed by atoms with Crippen LogP contribution < -0.4 is 0 Å². The van der Waals surface area contributed by atoms with Gasteiger partial charge in [0.2, 0.25) is 0 Å². The summed E-state index contributed by atoms with van der Waals surface area (Å²) in [6.07, 6.45) is 10.9. The Morgan fingerprint density at radius 2 is 1.62 bits per heavy atom. The van der Waals surface area contributed by atoms with Crippen LogP contribution in [0, 0.1) is 28.6 Å². The molecular weight excluding hydrogens is 536 g/mol. The SMILES string of the molecule is CC(C)(C)[Si](C)(C)O[C@H]1CC[C@](C)(C2CC[C@@]3(C)C(CCC34OCCO4)[C@@H]2O)[C@@H](CCCc2ccc(Cl)cc2)C1. The normalized spacial score (nSPS) is 38.1. The molecule has 3 saturated carbocycles. The number of aryl methyl sites for hydroxylation is 1. The fourth-order valence-corrected chi connectivity index (χ4v) is 10.5. The first-order chi connectivity index (χ1) is 18.7. The number of rotatable bonds is 7. The lowest BCUT2D eigenvalue weighted by molar-refractivity contribution is -0.250. The monoisotopic (exact) mass is 590 g/mol. The maximum atomic E-state index is 12.1. The highest BCUT2D eigenvalue weighted by Gasteiger charge is 2.66. The van der Waals surface area contributed by atoms with Crippen LogP contribution in [0.2, 0.25) is 23.2 Å². The van der Waals surface area contributed by atoms with Gasteiger partial charge in [-0.1, -0.05) is 58.4 Å². The van der Waals surface area contributed by atoms with Gasteiger partial charge in [0.25, 0.3) is 0 Å². The molecule has 0 bridgehead atoms. The van der Waals surface area contributed by atoms with Crippen molar-refractivity contribution in [2.75, 3.05) is 13.2 Å². The molecular formula is C34H55ClO4Si. The average molecular weight is 591 g/mol. The second kappa shape index (κ2) is 11.2. The van der Waals surface area contributed by atoms with Gasteiger partial charge in [-0.3, -0.25) is 0 Å². The molecule has 1 aromatic carbocycles. The number of benzene rings is 1. The Morgan fingerprint density at radius 1 is 0.975 bits per heavy atom. The van der Waals surface area contributed by atoms with E-state index in [9.17, 15) is 5.11 Å². The smallest absolute Gasteiger partial charge is 0.192 e. The molecule has 1 aliphatic heterocycles. The average Bonchev–Trinajstić information content (AvgIpc) is 3.48. The first-order valence-corrected chi connectivity index (χ1v) is 19.4. The van der Waals surface area contributed by atoms with Gasteiger partial charge in [-0.2, -0.15) is 0 Å². The molecule has 7 atom stereocenters. The van der Waals surface area contributed by atoms with E-state index in [0.29, 0.717) is 31.2 Å². The molecule has 4 aliphatic rings. The van der Waals surface area contributed by atoms with Crippen molar-refractivity contribution in [3.05, 3.63) is 34.9 Å². The van der Waals surface area contributed by atoms with Gasteiger partial charge in [-0.05, 0) is 117 Å². The summed E-state index contributed by atoms with van der Waals surface area (Å²) in [5.41, 5.74) is 1.38. The lowest BCUT2D eigenvalue weighted by atomic mass is 9.51. The zero-order valence-corrected chi connectivity index (χ0v) is 28.0. The number of ether oxygens (including phenoxy) is 2. The third kappa shape index (κ3) is 5.50. The molecule has 1 heterocycles. The van der Waals surface area contributed by atoms with E-state index in [2.05, 4.69) is 59.8 Å². The van der Waals surface area contributed by atoms with Gasteiger partial charge >= 0.3 is 0 Å². The van der Waals surface area contributed by atoms with Crippen LogP contribution in [0.15, 0.2) is 24.3 Å². The Morgan fingerprint density at radius 3 is 2.27 bits per heavy atom. The topological polar surface area (TPSA) is 47.9 Å². The van der Waals surface area contributed by atoms with Crippen LogP contribution in [-0.4, -0.2) is 44.6 Å². The van der Waals surface area contributed by atoms with Gasteiger partial charge in [0, 0.05) is 23.0 Å². The largest absolute Gasteiger partial charge is 0.414 e. The fraction of sp³-hybridized carbons (Fsp3) is 0.824. The molecule has 5 rings (SSSR count). The molecule has 0 amide bonds. The molecule has 4 fully saturated rings. The molecule has 2 unspecified atom stereocenters. The second-order valence-electron chi connectivity index (χ2n) is 15.6. The zero-order valence-electron chi connectivity index (χ0n) is 26.2. The van der Waals surface area contributed by atoms with Crippen molar-refractivity contribution in [3.63, 3.8) is 0 Å². The van der Waals surface area contributed by atoms with E-state index in [4.69, 9.17) is 25.5 Å². The van der Waals surface area contributed by atoms with Crippen LogP contribution in [-0.2, 0) is 20.3 Å². The number of aliphatic hydroxyl groups excluding tert-OH is 1. The van der Waals surface area contributed by atoms with Gasteiger partial charge in [0.15, 0.2) is 14.1 Å². The maximum absolute atomic E-state index is 12.1. The van der Waals surface area contributed by atoms with Crippen LogP contribution in [0.3, 0.4) is 0 Å². The third-order valence-corrected chi connectivity index (χ3v) is 17.3. The van der Waals surface area contributed by atoms with Gasteiger partial charge in [-0.15, -0.1) is 0 Å². The molecule has 6 heteroatoms. The van der Waals surface area contributed by atoms with E-state index >= 15 is 0 Å². The van der Waals surface area contributed by atoms with E-state index in [-0.39, 0.29) is 27.9 Å². The maximum Gasteiger partial charge on any atom is 0.192 e. The van der Waals surface area contributed by atoms with Crippen LogP contribution >= 0.6 is 11.6 Å². The standard InChI is InChI=1S/C34H55ClO4Si/c1-31(2,3)40(6,7)39-27-15-18-32(4,25(23-27)10-8-9-24-11-13-26(35)14-12-24)28-16-19-33(5)29(30(28)36)17-20-34(33)37-21-22-38-34/h11-14,25,27-30,36H,8-10,15-23H2,1-7H3/t25-,27-,28?,29?,30+,32-,33-/m0/s1. The van der Waals surface area contributed by atoms with Crippen molar-refractivity contribution < 1.29 is 19.0 Å². The van der Waals surface area contributed by atoms with Gasteiger partial charge in [0.05, 0.1) is 19.3 Å². The highest BCUT2D eigenvalue weighted by Crippen LogP contribution is 2.65. The minimum Gasteiger partial charge on any atom is -0.414 e. The molecule has 1 N–H and O–H groups in total. The number of aliphatic hydroxyl groups is 1. The Labute approximate surface area is 250 Å². The molecule has 1 aromatic rings. The predicted octanol–water partition coefficient (Wildman–Crippen LogP) is 8.79. The third-order valence-electron chi connectivity index (χ3n) is 12.6. The van der Waals surface area contributed by atoms with Gasteiger partial charge in [-0.25, -0.2) is 0 Å². The fourth-order valence-electron chi connectivity index (χ4n) is 8.93. The molecule has 0 radical (unpaired) electrons. The van der Waals surface area contributed by atoms with Crippen molar-refractivity contribution in [1.29, 1.82) is 0 Å². The van der Waals surface area contributed by atoms with Crippen molar-refractivity contribution in [2.24, 2.45) is 28.6 Å². The quantitative estimate of drug-likeness (QED) is 0.322. The molecule has 1 spiro atoms. The molecule has 4 nitrogen and oxygen atoms in total. The van der Waals surface area contributed by atoms with E-state index in [0.717, 1.165) is 62.8 Å². The van der Waals surface area contributed by atoms with Crippen molar-refractivity contribution >= 4 is 19.9 Å². The summed E-state index contributed by atoms with van der Waals surface area (Å²) in [6.45, 7) is 18.1. The number of hydrogen-bond donors (Lipinski definition) is 1. The Balaban J connectivity index is 1.34. The molecule has 226 valence electrons. The summed E-state index contributed by atoms with van der Waals surface area (Å²) in [6, 6.07) is 8.35. The Kier molecular flexibility index (Phi) is 8.72. The van der Waals surface area contributed by atoms with E-state index in [1.807, 2.05) is 12.1 Å². The van der Waals surface area contributed by atoms with Crippen molar-refractivity contribution in [3.8, 4) is 0 Å². The van der Waals surface area contributed by atoms with E-state index in [1.165, 1.54) is 12.0 Å². The van der Waals surface area contributed by atoms with Gasteiger partial charge < -0.3 is 19.0 Å². The first kappa shape index (κ1) is 31.0. The second-order valence-corrected chi connectivity index (χ2v) is 20.8. The highest BCUT2D eigenvalue weighted by molar-refractivity contribution is 6.74. The molecule has 1 saturated heterocycles. The summed E-state index contributed by atoms with van der Waals surface area (Å²) in [5.74, 6) is 0.632. The number of halogens is 1. The summed E-state index contributed by atoms with van der Waals surface area (Å²) in [5, 5.41) is 13.1. The molecule has 0 aromatic heterocycles. The number of fused-ring (bicyclic) bond motifs is 2. The predicted molar refractivity (Wildman–Crippen MR) is 166 cm³/mol. The first-order valence-electron chi connectivity index (χ1n) is 16.1. The summed E-state index contributed by atoms with van der Waals surface area (Å²) >= 11 is 6.14. The lowest BCUT2D eigenvalue weighted by Gasteiger charge is -2.57. The van der Waals surface area contributed by atoms with Crippen molar-refractivity contribution in [1.82, 2.24) is 0 Å². The highest BCUT2D eigenvalue weighted by atomic mass is 35.5. The molecule has 3 aliphatic carbocycles. The minimum atomic E-state index is -1.85. The van der Waals surface area contributed by atoms with Crippen LogP contribution in [0.1, 0.15) is 98.0 Å². The molecule has 40 heavy (non-hydrogen) atoms. The lowest BCUT2D eigenvalue weighted by Crippen LogP contribution is -2.57. The van der Waals surface area contributed by atoms with Crippen LogP contribution in [0.25, 0.3) is 0 Å². The van der Waals surface area contributed by atoms with E-state index in [1.54, 1.807) is 0 Å². The minimum absolute atomic E-state index is 0.0947. The summed E-state index contributed by atoms with van der Waals surface area (Å²) in [4.78, 5) is 0. The Bertz CT molecular complexity index is 1020. The zero-order chi connectivity index (χ0) is 29.0. The number of hydrogen-bond acceptors (Lipinski definition) is 4.